The molecule has 2 aromatic heterocycles. The molecule has 0 saturated carbocycles. The Bertz CT molecular complexity index is 847. The number of halogens is 1. The van der Waals surface area contributed by atoms with Gasteiger partial charge in [0, 0.05) is 17.7 Å². The number of fused-ring (bicyclic) bond motifs is 2. The third kappa shape index (κ3) is 2.12. The highest BCUT2D eigenvalue weighted by atomic mass is 32.2. The van der Waals surface area contributed by atoms with Crippen LogP contribution >= 0.6 is 11.8 Å². The Hall–Kier alpha value is -2.15. The van der Waals surface area contributed by atoms with E-state index < -0.39 is 0 Å². The van der Waals surface area contributed by atoms with Gasteiger partial charge in [-0.15, -0.1) is 11.8 Å². The Labute approximate surface area is 131 Å². The number of hydrogen-bond acceptors (Lipinski definition) is 5. The summed E-state index contributed by atoms with van der Waals surface area (Å²) in [6, 6.07) is 5.29. The van der Waals surface area contributed by atoms with Crippen LogP contribution < -0.4 is 5.32 Å². The molecule has 0 aliphatic carbocycles. The van der Waals surface area contributed by atoms with Gasteiger partial charge in [-0.25, -0.2) is 14.4 Å². The molecule has 5 nitrogen and oxygen atoms in total. The van der Waals surface area contributed by atoms with Crippen molar-refractivity contribution in [2.24, 2.45) is 7.05 Å². The molecule has 3 heterocycles. The molecule has 1 aromatic carbocycles. The standard InChI is InChI=1S/C15H14FN5S/c1-21-15-10(7-19-21)14(17-8-18-15)20-12-5-6-22-13-9(12)3-2-4-11(13)16/h2-4,7-8,12H,5-6H2,1H3,(H,17,18,20)/t12-/m0/s1. The molecule has 0 amide bonds. The second-order valence-corrected chi connectivity index (χ2v) is 6.33. The van der Waals surface area contributed by atoms with Crippen molar-refractivity contribution in [1.29, 1.82) is 0 Å². The predicted octanol–water partition coefficient (Wildman–Crippen LogP) is 3.15. The van der Waals surface area contributed by atoms with E-state index in [4.69, 9.17) is 0 Å². The monoisotopic (exact) mass is 315 g/mol. The lowest BCUT2D eigenvalue weighted by molar-refractivity contribution is 0.585. The second-order valence-electron chi connectivity index (χ2n) is 5.22. The highest BCUT2D eigenvalue weighted by Gasteiger charge is 2.24. The van der Waals surface area contributed by atoms with Crippen molar-refractivity contribution < 1.29 is 4.39 Å². The molecule has 0 saturated heterocycles. The van der Waals surface area contributed by atoms with Crippen LogP contribution in [0.4, 0.5) is 10.2 Å². The van der Waals surface area contributed by atoms with Crippen molar-refractivity contribution in [3.63, 3.8) is 0 Å². The quantitative estimate of drug-likeness (QED) is 0.787. The SMILES string of the molecule is Cn1ncc2c(N[C@H]3CCSc4c(F)cccc43)ncnc21. The van der Waals surface area contributed by atoms with Crippen LogP contribution in [0, 0.1) is 5.82 Å². The minimum Gasteiger partial charge on any atom is -0.362 e. The molecular weight excluding hydrogens is 301 g/mol. The number of nitrogens with zero attached hydrogens (tertiary/aromatic N) is 4. The first kappa shape index (κ1) is 13.5. The zero-order valence-electron chi connectivity index (χ0n) is 12.0. The van der Waals surface area contributed by atoms with Crippen molar-refractivity contribution in [2.45, 2.75) is 17.4 Å². The summed E-state index contributed by atoms with van der Waals surface area (Å²) in [5, 5.41) is 8.53. The fourth-order valence-corrected chi connectivity index (χ4v) is 3.92. The molecule has 112 valence electrons. The first-order valence-electron chi connectivity index (χ1n) is 7.04. The van der Waals surface area contributed by atoms with Gasteiger partial charge in [0.25, 0.3) is 0 Å². The summed E-state index contributed by atoms with van der Waals surface area (Å²) in [7, 11) is 1.85. The third-order valence-electron chi connectivity index (χ3n) is 3.87. The van der Waals surface area contributed by atoms with Gasteiger partial charge in [0.2, 0.25) is 0 Å². The van der Waals surface area contributed by atoms with Gasteiger partial charge in [-0.3, -0.25) is 4.68 Å². The third-order valence-corrected chi connectivity index (χ3v) is 5.03. The molecule has 0 fully saturated rings. The minimum absolute atomic E-state index is 0.0465. The van der Waals surface area contributed by atoms with Gasteiger partial charge in [0.05, 0.1) is 17.6 Å². The molecule has 0 bridgehead atoms. The average Bonchev–Trinajstić information content (AvgIpc) is 2.91. The van der Waals surface area contributed by atoms with Crippen molar-refractivity contribution >= 4 is 28.6 Å². The van der Waals surface area contributed by atoms with E-state index in [2.05, 4.69) is 20.4 Å². The van der Waals surface area contributed by atoms with Crippen molar-refractivity contribution in [3.05, 3.63) is 42.1 Å². The van der Waals surface area contributed by atoms with Crippen LogP contribution in [-0.2, 0) is 7.05 Å². The van der Waals surface area contributed by atoms with Gasteiger partial charge in [0.15, 0.2) is 5.65 Å². The molecule has 1 atom stereocenters. The molecule has 1 N–H and O–H groups in total. The van der Waals surface area contributed by atoms with E-state index in [9.17, 15) is 4.39 Å². The fraction of sp³-hybridized carbons (Fsp3) is 0.267. The summed E-state index contributed by atoms with van der Waals surface area (Å²) in [5.41, 5.74) is 1.77. The zero-order chi connectivity index (χ0) is 15.1. The maximum atomic E-state index is 14.0. The fourth-order valence-electron chi connectivity index (χ4n) is 2.78. The van der Waals surface area contributed by atoms with Crippen molar-refractivity contribution in [1.82, 2.24) is 19.7 Å². The van der Waals surface area contributed by atoms with Crippen LogP contribution in [0.15, 0.2) is 35.6 Å². The topological polar surface area (TPSA) is 55.6 Å². The number of hydrogen-bond donors (Lipinski definition) is 1. The maximum absolute atomic E-state index is 14.0. The van der Waals surface area contributed by atoms with E-state index in [1.165, 1.54) is 12.4 Å². The van der Waals surface area contributed by atoms with Crippen molar-refractivity contribution in [3.8, 4) is 0 Å². The largest absolute Gasteiger partial charge is 0.362 e. The average molecular weight is 315 g/mol. The Balaban J connectivity index is 1.74. The number of nitrogens with one attached hydrogen (secondary N) is 1. The molecule has 1 aliphatic rings. The zero-order valence-corrected chi connectivity index (χ0v) is 12.8. The molecule has 0 spiro atoms. The predicted molar refractivity (Wildman–Crippen MR) is 84.4 cm³/mol. The summed E-state index contributed by atoms with van der Waals surface area (Å²) in [5.74, 6) is 1.47. The van der Waals surface area contributed by atoms with E-state index in [1.54, 1.807) is 28.7 Å². The minimum atomic E-state index is -0.150. The van der Waals surface area contributed by atoms with Crippen LogP contribution in [0.2, 0.25) is 0 Å². The number of aromatic nitrogens is 4. The van der Waals surface area contributed by atoms with Gasteiger partial charge in [0.1, 0.15) is 18.0 Å². The molecular formula is C15H14FN5S. The first-order chi connectivity index (χ1) is 10.7. The highest BCUT2D eigenvalue weighted by Crippen LogP contribution is 2.39. The Morgan fingerprint density at radius 2 is 2.27 bits per heavy atom. The number of rotatable bonds is 2. The van der Waals surface area contributed by atoms with Crippen LogP contribution in [0.1, 0.15) is 18.0 Å². The van der Waals surface area contributed by atoms with Gasteiger partial charge in [-0.2, -0.15) is 5.10 Å². The summed E-state index contributed by atoms with van der Waals surface area (Å²) in [4.78, 5) is 9.31. The van der Waals surface area contributed by atoms with E-state index in [0.717, 1.165) is 39.5 Å². The van der Waals surface area contributed by atoms with Crippen LogP contribution in [0.25, 0.3) is 11.0 Å². The summed E-state index contributed by atoms with van der Waals surface area (Å²) >= 11 is 1.57. The molecule has 1 aliphatic heterocycles. The molecule has 7 heteroatoms. The molecule has 22 heavy (non-hydrogen) atoms. The normalized spacial score (nSPS) is 17.5. The molecule has 4 rings (SSSR count). The Kier molecular flexibility index (Phi) is 3.22. The van der Waals surface area contributed by atoms with E-state index in [0.29, 0.717) is 0 Å². The number of thioether (sulfide) groups is 1. The van der Waals surface area contributed by atoms with Crippen LogP contribution in [-0.4, -0.2) is 25.5 Å². The first-order valence-corrected chi connectivity index (χ1v) is 8.03. The highest BCUT2D eigenvalue weighted by molar-refractivity contribution is 7.99. The van der Waals surface area contributed by atoms with Gasteiger partial charge in [-0.05, 0) is 18.1 Å². The maximum Gasteiger partial charge on any atom is 0.163 e. The summed E-state index contributed by atoms with van der Waals surface area (Å²) in [6.45, 7) is 0. The van der Waals surface area contributed by atoms with Crippen LogP contribution in [0.3, 0.4) is 0 Å². The Morgan fingerprint density at radius 3 is 3.18 bits per heavy atom. The smallest absolute Gasteiger partial charge is 0.163 e. The molecule has 3 aromatic rings. The summed E-state index contributed by atoms with van der Waals surface area (Å²) < 4.78 is 15.7. The Morgan fingerprint density at radius 1 is 1.36 bits per heavy atom. The molecule has 0 unspecified atom stereocenters. The molecule has 0 radical (unpaired) electrons. The number of aryl methyl sites for hydroxylation is 1. The van der Waals surface area contributed by atoms with E-state index >= 15 is 0 Å². The number of anilines is 1. The lowest BCUT2D eigenvalue weighted by Gasteiger charge is -2.26. The summed E-state index contributed by atoms with van der Waals surface area (Å²) in [6.07, 6.45) is 4.20. The van der Waals surface area contributed by atoms with Gasteiger partial charge >= 0.3 is 0 Å². The number of benzene rings is 1. The van der Waals surface area contributed by atoms with Gasteiger partial charge in [-0.1, -0.05) is 12.1 Å². The van der Waals surface area contributed by atoms with Crippen molar-refractivity contribution in [2.75, 3.05) is 11.1 Å². The van der Waals surface area contributed by atoms with E-state index in [-0.39, 0.29) is 11.9 Å². The lowest BCUT2D eigenvalue weighted by atomic mass is 10.0. The lowest BCUT2D eigenvalue weighted by Crippen LogP contribution is -2.17. The second kappa shape index (κ2) is 5.24. The van der Waals surface area contributed by atoms with E-state index in [1.807, 2.05) is 13.1 Å². The van der Waals surface area contributed by atoms with Crippen LogP contribution in [0.5, 0.6) is 0 Å². The van der Waals surface area contributed by atoms with Gasteiger partial charge < -0.3 is 5.32 Å².